The Labute approximate surface area is 239 Å². The van der Waals surface area contributed by atoms with Gasteiger partial charge in [0.2, 0.25) is 0 Å². The smallest absolute Gasteiger partial charge is 0.187 e. The first-order valence-electron chi connectivity index (χ1n) is 13.5. The first kappa shape index (κ1) is 34.1. The lowest BCUT2D eigenvalue weighted by Gasteiger charge is -2.48. The van der Waals surface area contributed by atoms with Crippen LogP contribution in [-0.2, 0) is 28.4 Å². The van der Waals surface area contributed by atoms with E-state index in [1.165, 1.54) is 0 Å². The standard InChI is InChI=1S/C23H41NO18/c25-3-8-12(30)13(31)16(34)22(38-8)41-20-10(5-27)40-23(18(36)15(20)33)42-19-9(4-26)39-21(17(35)14(19)32)37-7-2-24-1-6(28)11(7)29/h6-36H,1-5H2/t6-,7+,8+,9+,10+,11+,12+,13-,14+,15+,16+,17+,18+,19+,20+,21-,22+,23+/m0/s1. The molecule has 0 aromatic rings. The highest BCUT2D eigenvalue weighted by Gasteiger charge is 2.54. The highest BCUT2D eigenvalue weighted by Crippen LogP contribution is 2.33. The molecule has 0 saturated carbocycles. The predicted molar refractivity (Wildman–Crippen MR) is 129 cm³/mol. The fourth-order valence-electron chi connectivity index (χ4n) is 5.32. The molecular formula is C23H41NO18. The second kappa shape index (κ2) is 14.6. The zero-order valence-corrected chi connectivity index (χ0v) is 22.2. The lowest BCUT2D eigenvalue weighted by atomic mass is 9.96. The molecule has 4 fully saturated rings. The van der Waals surface area contributed by atoms with E-state index in [9.17, 15) is 61.3 Å². The van der Waals surface area contributed by atoms with Crippen molar-refractivity contribution >= 4 is 0 Å². The highest BCUT2D eigenvalue weighted by atomic mass is 16.8. The van der Waals surface area contributed by atoms with Crippen molar-refractivity contribution < 1.29 is 89.7 Å². The minimum atomic E-state index is -1.95. The molecule has 0 spiro atoms. The summed E-state index contributed by atoms with van der Waals surface area (Å²) in [6, 6.07) is 0. The molecule has 0 radical (unpaired) electrons. The molecule has 0 bridgehead atoms. The minimum absolute atomic E-state index is 0.0829. The Kier molecular flexibility index (Phi) is 11.8. The van der Waals surface area contributed by atoms with E-state index in [2.05, 4.69) is 5.32 Å². The van der Waals surface area contributed by atoms with Gasteiger partial charge >= 0.3 is 0 Å². The Morgan fingerprint density at radius 3 is 1.38 bits per heavy atom. The highest BCUT2D eigenvalue weighted by molar-refractivity contribution is 4.97. The largest absolute Gasteiger partial charge is 0.394 e. The second-order valence-electron chi connectivity index (χ2n) is 10.7. The fraction of sp³-hybridized carbons (Fsp3) is 1.00. The van der Waals surface area contributed by atoms with Gasteiger partial charge in [-0.25, -0.2) is 0 Å². The van der Waals surface area contributed by atoms with Crippen LogP contribution < -0.4 is 5.32 Å². The maximum Gasteiger partial charge on any atom is 0.187 e. The first-order valence-corrected chi connectivity index (χ1v) is 13.5. The number of β-amino-alcohol motifs (C(OH)–C–C–N with tert-alkyl or cyclic N) is 1. The summed E-state index contributed by atoms with van der Waals surface area (Å²) in [5.41, 5.74) is 0. The Bertz CT molecular complexity index is 839. The van der Waals surface area contributed by atoms with Gasteiger partial charge in [0, 0.05) is 13.1 Å². The van der Waals surface area contributed by atoms with Gasteiger partial charge in [-0.15, -0.1) is 0 Å². The number of ether oxygens (including phenoxy) is 6. The average Bonchev–Trinajstić information content (AvgIpc) is 2.98. The van der Waals surface area contributed by atoms with Gasteiger partial charge in [-0.05, 0) is 0 Å². The SMILES string of the molecule is OC[C@H]1O[C@H](O[C@H]2[C@H](O)[C@@H](O)[C@@H](O[C@H]3[C@H](O)[C@@H](O)[C@@H](O[C@@H]4CNC[C@H](O)[C@H]4O)O[C@@H]3CO)O[C@@H]2CO)[C@H](O)[C@@H](O)[C@@H]1O. The van der Waals surface area contributed by atoms with Gasteiger partial charge in [0.1, 0.15) is 85.5 Å². The van der Waals surface area contributed by atoms with Crippen LogP contribution in [0.25, 0.3) is 0 Å². The maximum absolute atomic E-state index is 10.8. The molecule has 19 heteroatoms. The number of piperidine rings is 1. The van der Waals surface area contributed by atoms with Crippen LogP contribution in [0.3, 0.4) is 0 Å². The number of hydrogen-bond donors (Lipinski definition) is 13. The summed E-state index contributed by atoms with van der Waals surface area (Å²) in [4.78, 5) is 0. The molecule has 4 rings (SSSR count). The Hall–Kier alpha value is -0.760. The summed E-state index contributed by atoms with van der Waals surface area (Å²) in [6.45, 7) is -2.21. The van der Waals surface area contributed by atoms with Gasteiger partial charge in [0.05, 0.1) is 25.9 Å². The molecule has 246 valence electrons. The van der Waals surface area contributed by atoms with E-state index in [4.69, 9.17) is 28.4 Å². The summed E-state index contributed by atoms with van der Waals surface area (Å²) in [7, 11) is 0. The molecule has 0 aromatic heterocycles. The van der Waals surface area contributed by atoms with Crippen LogP contribution in [0.5, 0.6) is 0 Å². The lowest BCUT2D eigenvalue weighted by molar-refractivity contribution is -0.382. The van der Waals surface area contributed by atoms with Crippen LogP contribution in [0, 0.1) is 0 Å². The monoisotopic (exact) mass is 619 g/mol. The van der Waals surface area contributed by atoms with Crippen LogP contribution in [-0.4, -0.2) is 205 Å². The van der Waals surface area contributed by atoms with E-state index < -0.39 is 130 Å². The number of nitrogens with one attached hydrogen (secondary N) is 1. The normalized spacial score (nSPS) is 52.3. The summed E-state index contributed by atoms with van der Waals surface area (Å²) >= 11 is 0. The van der Waals surface area contributed by atoms with Crippen molar-refractivity contribution in [1.82, 2.24) is 5.32 Å². The Balaban J connectivity index is 1.41. The molecule has 0 aromatic carbocycles. The van der Waals surface area contributed by atoms with E-state index in [-0.39, 0.29) is 13.1 Å². The maximum atomic E-state index is 10.8. The summed E-state index contributed by atoms with van der Waals surface area (Å²) in [5, 5.41) is 125. The van der Waals surface area contributed by atoms with E-state index in [0.717, 1.165) is 0 Å². The first-order chi connectivity index (χ1) is 19.9. The van der Waals surface area contributed by atoms with Gasteiger partial charge in [-0.1, -0.05) is 0 Å². The molecule has 4 aliphatic heterocycles. The van der Waals surface area contributed by atoms with E-state index in [1.54, 1.807) is 0 Å². The average molecular weight is 620 g/mol. The number of aliphatic hydroxyl groups is 12. The molecule has 18 atom stereocenters. The van der Waals surface area contributed by atoms with Gasteiger partial charge in [-0.3, -0.25) is 0 Å². The minimum Gasteiger partial charge on any atom is -0.394 e. The molecule has 4 saturated heterocycles. The number of rotatable bonds is 9. The lowest BCUT2D eigenvalue weighted by Crippen LogP contribution is -2.67. The third-order valence-corrected chi connectivity index (χ3v) is 7.86. The van der Waals surface area contributed by atoms with Gasteiger partial charge in [0.15, 0.2) is 18.9 Å². The fourth-order valence-corrected chi connectivity index (χ4v) is 5.32. The molecule has 0 aliphatic carbocycles. The van der Waals surface area contributed by atoms with Crippen LogP contribution in [0.15, 0.2) is 0 Å². The Morgan fingerprint density at radius 2 is 0.905 bits per heavy atom. The molecule has 0 unspecified atom stereocenters. The molecule has 0 amide bonds. The predicted octanol–water partition coefficient (Wildman–Crippen LogP) is -8.86. The molecule has 13 N–H and O–H groups in total. The summed E-state index contributed by atoms with van der Waals surface area (Å²) in [5.74, 6) is 0. The van der Waals surface area contributed by atoms with Gasteiger partial charge < -0.3 is 95.0 Å². The van der Waals surface area contributed by atoms with Crippen molar-refractivity contribution in [2.24, 2.45) is 0 Å². The van der Waals surface area contributed by atoms with Crippen molar-refractivity contribution in [1.29, 1.82) is 0 Å². The van der Waals surface area contributed by atoms with Crippen LogP contribution in [0.4, 0.5) is 0 Å². The third kappa shape index (κ3) is 6.89. The van der Waals surface area contributed by atoms with E-state index >= 15 is 0 Å². The molecule has 42 heavy (non-hydrogen) atoms. The molecular weight excluding hydrogens is 578 g/mol. The molecule has 19 nitrogen and oxygen atoms in total. The molecule has 4 aliphatic rings. The number of hydrogen-bond acceptors (Lipinski definition) is 19. The van der Waals surface area contributed by atoms with Crippen molar-refractivity contribution in [3.63, 3.8) is 0 Å². The van der Waals surface area contributed by atoms with Crippen molar-refractivity contribution in [3.05, 3.63) is 0 Å². The topological polar surface area (TPSA) is 310 Å². The van der Waals surface area contributed by atoms with E-state index in [0.29, 0.717) is 0 Å². The number of aliphatic hydroxyl groups excluding tert-OH is 12. The summed E-state index contributed by atoms with van der Waals surface area (Å²) in [6.07, 6.45) is -28.9. The van der Waals surface area contributed by atoms with Crippen LogP contribution in [0.1, 0.15) is 0 Å². The third-order valence-electron chi connectivity index (χ3n) is 7.86. The van der Waals surface area contributed by atoms with Crippen molar-refractivity contribution in [2.45, 2.75) is 110 Å². The van der Waals surface area contributed by atoms with Crippen molar-refractivity contribution in [3.8, 4) is 0 Å². The van der Waals surface area contributed by atoms with Crippen LogP contribution >= 0.6 is 0 Å². The van der Waals surface area contributed by atoms with Gasteiger partial charge in [-0.2, -0.15) is 0 Å². The van der Waals surface area contributed by atoms with Gasteiger partial charge in [0.25, 0.3) is 0 Å². The van der Waals surface area contributed by atoms with Crippen LogP contribution in [0.2, 0.25) is 0 Å². The Morgan fingerprint density at radius 1 is 0.476 bits per heavy atom. The zero-order chi connectivity index (χ0) is 30.9. The quantitative estimate of drug-likeness (QED) is 0.114. The van der Waals surface area contributed by atoms with Crippen molar-refractivity contribution in [2.75, 3.05) is 32.9 Å². The second-order valence-corrected chi connectivity index (χ2v) is 10.7. The van der Waals surface area contributed by atoms with E-state index in [1.807, 2.05) is 0 Å². The molecule has 4 heterocycles. The zero-order valence-electron chi connectivity index (χ0n) is 22.2. The summed E-state index contributed by atoms with van der Waals surface area (Å²) < 4.78 is 32.9.